The van der Waals surface area contributed by atoms with Crippen LogP contribution in [0.3, 0.4) is 0 Å². The lowest BCUT2D eigenvalue weighted by Crippen LogP contribution is -2.41. The molecule has 0 saturated carbocycles. The fourth-order valence-electron chi connectivity index (χ4n) is 3.51. The molecule has 0 N–H and O–H groups in total. The van der Waals surface area contributed by atoms with Crippen molar-refractivity contribution in [2.45, 2.75) is 90.6 Å². The van der Waals surface area contributed by atoms with Crippen LogP contribution in [0.4, 0.5) is 0 Å². The predicted octanol–water partition coefficient (Wildman–Crippen LogP) is 5.51. The number of aromatic nitrogens is 4. The molecule has 0 spiro atoms. The van der Waals surface area contributed by atoms with Gasteiger partial charge >= 0.3 is 0 Å². The second kappa shape index (κ2) is 9.23. The molecule has 1 saturated heterocycles. The second-order valence-electron chi connectivity index (χ2n) is 10.0. The normalized spacial score (nSPS) is 19.6. The number of hydrogen-bond acceptors (Lipinski definition) is 5. The van der Waals surface area contributed by atoms with Crippen molar-refractivity contribution < 1.29 is 9.16 Å². The summed E-state index contributed by atoms with van der Waals surface area (Å²) in [7, 11) is -1.67. The molecule has 0 bridgehead atoms. The van der Waals surface area contributed by atoms with Gasteiger partial charge in [-0.05, 0) is 62.6 Å². The first-order valence-electron chi connectivity index (χ1n) is 11.1. The van der Waals surface area contributed by atoms with Gasteiger partial charge in [-0.2, -0.15) is 0 Å². The molecule has 0 aliphatic carbocycles. The minimum Gasteiger partial charge on any atom is -0.417 e. The summed E-state index contributed by atoms with van der Waals surface area (Å²) in [4.78, 5) is 13.6. The van der Waals surface area contributed by atoms with Crippen molar-refractivity contribution in [1.82, 2.24) is 19.5 Å². The van der Waals surface area contributed by atoms with E-state index in [0.29, 0.717) is 5.92 Å². The summed E-state index contributed by atoms with van der Waals surface area (Å²) in [5.74, 6) is 0.551. The zero-order valence-corrected chi connectivity index (χ0v) is 20.1. The van der Waals surface area contributed by atoms with Crippen LogP contribution in [0.1, 0.15) is 71.7 Å². The Kier molecular flexibility index (Phi) is 7.12. The number of nitrogens with zero attached hydrogens (tertiary/aromatic N) is 4. The first kappa shape index (κ1) is 22.4. The third-order valence-corrected chi connectivity index (χ3v) is 11.0. The van der Waals surface area contributed by atoms with E-state index >= 15 is 0 Å². The third kappa shape index (κ3) is 5.44. The van der Waals surface area contributed by atoms with Gasteiger partial charge in [0.2, 0.25) is 0 Å². The fraction of sp³-hybridized carbons (Fsp3) is 0.773. The fourth-order valence-corrected chi connectivity index (χ4v) is 4.64. The van der Waals surface area contributed by atoms with E-state index in [2.05, 4.69) is 60.3 Å². The summed E-state index contributed by atoms with van der Waals surface area (Å²) in [6, 6.07) is 0. The van der Waals surface area contributed by atoms with Gasteiger partial charge in [-0.3, -0.25) is 4.57 Å². The van der Waals surface area contributed by atoms with E-state index in [4.69, 9.17) is 9.16 Å². The number of rotatable bonds is 8. The number of hydrogen-bond donors (Lipinski definition) is 0. The Hall–Kier alpha value is -1.31. The van der Waals surface area contributed by atoms with E-state index in [1.54, 1.807) is 6.33 Å². The summed E-state index contributed by atoms with van der Waals surface area (Å²) >= 11 is 0. The molecule has 0 aromatic carbocycles. The van der Waals surface area contributed by atoms with Gasteiger partial charge in [0.15, 0.2) is 14.0 Å². The number of aryl methyl sites for hydroxylation is 1. The van der Waals surface area contributed by atoms with E-state index in [-0.39, 0.29) is 11.3 Å². The molecule has 0 radical (unpaired) electrons. The van der Waals surface area contributed by atoms with Gasteiger partial charge in [-0.25, -0.2) is 15.0 Å². The minimum atomic E-state index is -1.67. The lowest BCUT2D eigenvalue weighted by atomic mass is 10.0. The highest BCUT2D eigenvalue weighted by atomic mass is 28.4. The number of fused-ring (bicyclic) bond motifs is 1. The molecule has 2 aromatic rings. The van der Waals surface area contributed by atoms with Crippen molar-refractivity contribution in [3.05, 3.63) is 18.3 Å². The predicted molar refractivity (Wildman–Crippen MR) is 119 cm³/mol. The van der Waals surface area contributed by atoms with Gasteiger partial charge in [0.05, 0.1) is 12.0 Å². The molecule has 1 unspecified atom stereocenters. The van der Waals surface area contributed by atoms with E-state index < -0.39 is 8.32 Å². The van der Waals surface area contributed by atoms with Crippen molar-refractivity contribution in [3.63, 3.8) is 0 Å². The van der Waals surface area contributed by atoms with Gasteiger partial charge in [0, 0.05) is 13.2 Å². The first-order valence-corrected chi connectivity index (χ1v) is 14.0. The van der Waals surface area contributed by atoms with Crippen LogP contribution in [-0.4, -0.2) is 41.1 Å². The van der Waals surface area contributed by atoms with Crippen molar-refractivity contribution in [3.8, 4) is 0 Å². The van der Waals surface area contributed by atoms with Gasteiger partial charge in [0.25, 0.3) is 0 Å². The van der Waals surface area contributed by atoms with E-state index in [0.717, 1.165) is 62.2 Å². The van der Waals surface area contributed by atoms with Crippen molar-refractivity contribution in [2.75, 3.05) is 13.2 Å². The van der Waals surface area contributed by atoms with Crippen LogP contribution in [0.2, 0.25) is 18.1 Å². The monoisotopic (exact) mass is 418 g/mol. The van der Waals surface area contributed by atoms with Crippen LogP contribution >= 0.6 is 0 Å². The standard InChI is InChI=1S/C22H38N4O2Si/c1-17(14-28-29(5,6)22(2,3)4)10-9-11-18-20-21(24-15-23-18)26(16-25-20)19-12-7-8-13-27-19/h15-17,19H,7-14H2,1-6H3/t17-,19?/m1/s1. The molecule has 1 aliphatic rings. The molecule has 6 nitrogen and oxygen atoms in total. The quantitative estimate of drug-likeness (QED) is 0.529. The lowest BCUT2D eigenvalue weighted by molar-refractivity contribution is -0.0298. The molecule has 3 rings (SSSR count). The summed E-state index contributed by atoms with van der Waals surface area (Å²) in [6.07, 6.45) is 10.1. The Morgan fingerprint density at radius 2 is 2.03 bits per heavy atom. The van der Waals surface area contributed by atoms with Crippen molar-refractivity contribution >= 4 is 19.5 Å². The van der Waals surface area contributed by atoms with Crippen LogP contribution in [0.15, 0.2) is 12.7 Å². The van der Waals surface area contributed by atoms with Crippen LogP contribution in [-0.2, 0) is 15.6 Å². The molecule has 29 heavy (non-hydrogen) atoms. The molecule has 3 heterocycles. The molecule has 1 fully saturated rings. The third-order valence-electron chi connectivity index (χ3n) is 6.55. The molecule has 7 heteroatoms. The van der Waals surface area contributed by atoms with Crippen LogP contribution < -0.4 is 0 Å². The maximum absolute atomic E-state index is 6.38. The number of imidazole rings is 1. The van der Waals surface area contributed by atoms with Gasteiger partial charge in [0.1, 0.15) is 18.1 Å². The SMILES string of the molecule is C[C@H](CCCc1ncnc2c1ncn2C1CCCCO1)CO[Si](C)(C)C(C)(C)C. The topological polar surface area (TPSA) is 62.1 Å². The highest BCUT2D eigenvalue weighted by Crippen LogP contribution is 2.37. The van der Waals surface area contributed by atoms with Gasteiger partial charge in [-0.1, -0.05) is 27.7 Å². The highest BCUT2D eigenvalue weighted by Gasteiger charge is 2.37. The Bertz CT molecular complexity index is 794. The second-order valence-corrected chi connectivity index (χ2v) is 14.8. The molecule has 1 aliphatic heterocycles. The number of ether oxygens (including phenoxy) is 1. The van der Waals surface area contributed by atoms with Crippen LogP contribution in [0.25, 0.3) is 11.2 Å². The highest BCUT2D eigenvalue weighted by molar-refractivity contribution is 6.74. The van der Waals surface area contributed by atoms with Gasteiger partial charge < -0.3 is 9.16 Å². The Morgan fingerprint density at radius 1 is 1.24 bits per heavy atom. The summed E-state index contributed by atoms with van der Waals surface area (Å²) in [5, 5.41) is 0.264. The molecule has 0 amide bonds. The Labute approximate surface area is 176 Å². The molecular formula is C22H38N4O2Si. The lowest BCUT2D eigenvalue weighted by Gasteiger charge is -2.37. The Balaban J connectivity index is 1.55. The smallest absolute Gasteiger partial charge is 0.191 e. The summed E-state index contributed by atoms with van der Waals surface area (Å²) < 4.78 is 14.4. The largest absolute Gasteiger partial charge is 0.417 e. The summed E-state index contributed by atoms with van der Waals surface area (Å²) in [6.45, 7) is 15.5. The average molecular weight is 419 g/mol. The van der Waals surface area contributed by atoms with Crippen molar-refractivity contribution in [2.24, 2.45) is 5.92 Å². The van der Waals surface area contributed by atoms with Crippen LogP contribution in [0.5, 0.6) is 0 Å². The first-order chi connectivity index (χ1) is 13.7. The molecular weight excluding hydrogens is 380 g/mol. The zero-order chi connectivity index (χ0) is 21.1. The molecule has 162 valence electrons. The molecule has 2 atom stereocenters. The van der Waals surface area contributed by atoms with Gasteiger partial charge in [-0.15, -0.1) is 0 Å². The van der Waals surface area contributed by atoms with E-state index in [9.17, 15) is 0 Å². The maximum Gasteiger partial charge on any atom is 0.191 e. The van der Waals surface area contributed by atoms with Crippen molar-refractivity contribution in [1.29, 1.82) is 0 Å². The zero-order valence-electron chi connectivity index (χ0n) is 19.1. The average Bonchev–Trinajstić information content (AvgIpc) is 3.11. The van der Waals surface area contributed by atoms with E-state index in [1.807, 2.05) is 6.33 Å². The van der Waals surface area contributed by atoms with Crippen LogP contribution in [0, 0.1) is 5.92 Å². The van der Waals surface area contributed by atoms with E-state index in [1.165, 1.54) is 6.42 Å². The maximum atomic E-state index is 6.38. The minimum absolute atomic E-state index is 0.0593. The summed E-state index contributed by atoms with van der Waals surface area (Å²) in [5.41, 5.74) is 2.87. The Morgan fingerprint density at radius 3 is 2.72 bits per heavy atom. The molecule has 2 aromatic heterocycles.